The number of hydrogen-bond acceptors (Lipinski definition) is 5. The van der Waals surface area contributed by atoms with Gasteiger partial charge in [0.05, 0.1) is 31.2 Å². The van der Waals surface area contributed by atoms with Crippen LogP contribution in [0.15, 0.2) is 48.7 Å². The molecule has 1 heterocycles. The summed E-state index contributed by atoms with van der Waals surface area (Å²) in [6, 6.07) is 10.1. The van der Waals surface area contributed by atoms with Crippen molar-refractivity contribution in [3.63, 3.8) is 0 Å². The zero-order chi connectivity index (χ0) is 16.7. The fourth-order valence-electron chi connectivity index (χ4n) is 1.85. The van der Waals surface area contributed by atoms with Crippen molar-refractivity contribution in [2.45, 2.75) is 0 Å². The van der Waals surface area contributed by atoms with Crippen LogP contribution in [0.25, 0.3) is 6.08 Å². The van der Waals surface area contributed by atoms with Crippen LogP contribution in [-0.4, -0.2) is 31.1 Å². The first kappa shape index (κ1) is 16.2. The number of esters is 1. The molecular formula is C17H16N2O4. The summed E-state index contributed by atoms with van der Waals surface area (Å²) >= 11 is 0. The maximum atomic E-state index is 12.0. The highest BCUT2D eigenvalue weighted by molar-refractivity contribution is 6.06. The average molecular weight is 312 g/mol. The Balaban J connectivity index is 2.17. The maximum Gasteiger partial charge on any atom is 0.340 e. The Morgan fingerprint density at radius 3 is 2.65 bits per heavy atom. The smallest absolute Gasteiger partial charge is 0.340 e. The summed E-state index contributed by atoms with van der Waals surface area (Å²) in [4.78, 5) is 27.9. The highest BCUT2D eigenvalue weighted by Crippen LogP contribution is 2.23. The topological polar surface area (TPSA) is 77.5 Å². The quantitative estimate of drug-likeness (QED) is 0.678. The molecule has 0 spiro atoms. The van der Waals surface area contributed by atoms with Gasteiger partial charge >= 0.3 is 5.97 Å². The molecule has 0 radical (unpaired) electrons. The standard InChI is InChI=1S/C17H16N2O4/c1-22-13-7-8-15(14(11-13)17(21)23-2)19-16(20)9-6-12-5-3-4-10-18-12/h3-11H,1-2H3,(H,19,20)/b9-6+. The van der Waals surface area contributed by atoms with Crippen LogP contribution in [0.2, 0.25) is 0 Å². The van der Waals surface area contributed by atoms with E-state index < -0.39 is 5.97 Å². The summed E-state index contributed by atoms with van der Waals surface area (Å²) in [5.74, 6) is -0.452. The van der Waals surface area contributed by atoms with Crippen molar-refractivity contribution in [2.24, 2.45) is 0 Å². The zero-order valence-electron chi connectivity index (χ0n) is 12.8. The Kier molecular flexibility index (Phi) is 5.46. The first-order valence-corrected chi connectivity index (χ1v) is 6.80. The van der Waals surface area contributed by atoms with Gasteiger partial charge in [0, 0.05) is 12.3 Å². The highest BCUT2D eigenvalue weighted by Gasteiger charge is 2.14. The average Bonchev–Trinajstić information content (AvgIpc) is 2.60. The fourth-order valence-corrected chi connectivity index (χ4v) is 1.85. The van der Waals surface area contributed by atoms with Crippen LogP contribution in [0.4, 0.5) is 5.69 Å². The first-order chi connectivity index (χ1) is 11.1. The number of rotatable bonds is 5. The Bertz CT molecular complexity index is 727. The molecule has 0 fully saturated rings. The monoisotopic (exact) mass is 312 g/mol. The van der Waals surface area contributed by atoms with Gasteiger partial charge in [-0.3, -0.25) is 9.78 Å². The van der Waals surface area contributed by atoms with Crippen LogP contribution in [0, 0.1) is 0 Å². The second-order valence-corrected chi connectivity index (χ2v) is 4.48. The zero-order valence-corrected chi connectivity index (χ0v) is 12.8. The lowest BCUT2D eigenvalue weighted by Crippen LogP contribution is -2.13. The number of aromatic nitrogens is 1. The number of anilines is 1. The van der Waals surface area contributed by atoms with E-state index in [1.165, 1.54) is 26.4 Å². The molecule has 6 nitrogen and oxygen atoms in total. The van der Waals surface area contributed by atoms with Crippen molar-refractivity contribution < 1.29 is 19.1 Å². The van der Waals surface area contributed by atoms with E-state index in [2.05, 4.69) is 10.3 Å². The van der Waals surface area contributed by atoms with Crippen LogP contribution in [0.5, 0.6) is 5.75 Å². The molecule has 1 aromatic carbocycles. The number of benzene rings is 1. The highest BCUT2D eigenvalue weighted by atomic mass is 16.5. The predicted molar refractivity (Wildman–Crippen MR) is 86.2 cm³/mol. The van der Waals surface area contributed by atoms with Gasteiger partial charge in [-0.25, -0.2) is 4.79 Å². The molecule has 23 heavy (non-hydrogen) atoms. The summed E-state index contributed by atoms with van der Waals surface area (Å²) < 4.78 is 9.79. The minimum Gasteiger partial charge on any atom is -0.497 e. The summed E-state index contributed by atoms with van der Waals surface area (Å²) in [5, 5.41) is 2.64. The van der Waals surface area contributed by atoms with Gasteiger partial charge in [0.1, 0.15) is 5.75 Å². The number of hydrogen-bond donors (Lipinski definition) is 1. The summed E-state index contributed by atoms with van der Waals surface area (Å²) in [6.45, 7) is 0. The Morgan fingerprint density at radius 1 is 1.17 bits per heavy atom. The third kappa shape index (κ3) is 4.41. The number of nitrogens with zero attached hydrogens (tertiary/aromatic N) is 1. The SMILES string of the molecule is COC(=O)c1cc(OC)ccc1NC(=O)/C=C/c1ccccn1. The molecule has 0 saturated heterocycles. The van der Waals surface area contributed by atoms with Crippen LogP contribution in [-0.2, 0) is 9.53 Å². The molecule has 0 atom stereocenters. The van der Waals surface area contributed by atoms with Gasteiger partial charge < -0.3 is 14.8 Å². The molecule has 6 heteroatoms. The Labute approximate surface area is 133 Å². The molecule has 1 N–H and O–H groups in total. The van der Waals surface area contributed by atoms with Crippen molar-refractivity contribution in [1.29, 1.82) is 0 Å². The molecule has 1 aromatic heterocycles. The number of carbonyl (C=O) groups is 2. The van der Waals surface area contributed by atoms with Crippen LogP contribution in [0.1, 0.15) is 16.1 Å². The van der Waals surface area contributed by atoms with Crippen LogP contribution in [0.3, 0.4) is 0 Å². The second kappa shape index (κ2) is 7.74. The van der Waals surface area contributed by atoms with E-state index in [1.807, 2.05) is 6.07 Å². The van der Waals surface area contributed by atoms with Gasteiger partial charge in [0.15, 0.2) is 0 Å². The van der Waals surface area contributed by atoms with E-state index in [4.69, 9.17) is 9.47 Å². The molecule has 0 saturated carbocycles. The predicted octanol–water partition coefficient (Wildman–Crippen LogP) is 2.53. The Hall–Kier alpha value is -3.15. The van der Waals surface area contributed by atoms with E-state index in [9.17, 15) is 9.59 Å². The largest absolute Gasteiger partial charge is 0.497 e. The number of amides is 1. The number of pyridine rings is 1. The molecule has 1 amide bonds. The fraction of sp³-hybridized carbons (Fsp3) is 0.118. The minimum atomic E-state index is -0.562. The Morgan fingerprint density at radius 2 is 2.00 bits per heavy atom. The lowest BCUT2D eigenvalue weighted by Gasteiger charge is -2.10. The van der Waals surface area contributed by atoms with Gasteiger partial charge in [-0.05, 0) is 36.4 Å². The van der Waals surface area contributed by atoms with Crippen molar-refractivity contribution >= 4 is 23.6 Å². The minimum absolute atomic E-state index is 0.214. The first-order valence-electron chi connectivity index (χ1n) is 6.80. The van der Waals surface area contributed by atoms with Gasteiger partial charge in [-0.1, -0.05) is 6.07 Å². The van der Waals surface area contributed by atoms with E-state index in [0.29, 0.717) is 17.1 Å². The van der Waals surface area contributed by atoms with Crippen molar-refractivity contribution in [3.8, 4) is 5.75 Å². The van der Waals surface area contributed by atoms with Gasteiger partial charge in [0.25, 0.3) is 0 Å². The number of carbonyl (C=O) groups excluding carboxylic acids is 2. The molecule has 0 unspecified atom stereocenters. The lowest BCUT2D eigenvalue weighted by atomic mass is 10.1. The van der Waals surface area contributed by atoms with Gasteiger partial charge in [-0.2, -0.15) is 0 Å². The normalized spacial score (nSPS) is 10.3. The summed E-state index contributed by atoms with van der Waals surface area (Å²) in [6.07, 6.45) is 4.56. The summed E-state index contributed by atoms with van der Waals surface area (Å²) in [5.41, 5.74) is 1.21. The van der Waals surface area contributed by atoms with Crippen molar-refractivity contribution in [3.05, 3.63) is 59.9 Å². The molecule has 0 aliphatic carbocycles. The van der Waals surface area contributed by atoms with Crippen LogP contribution < -0.4 is 10.1 Å². The van der Waals surface area contributed by atoms with Crippen LogP contribution >= 0.6 is 0 Å². The maximum absolute atomic E-state index is 12.0. The summed E-state index contributed by atoms with van der Waals surface area (Å²) in [7, 11) is 2.76. The van der Waals surface area contributed by atoms with Crippen molar-refractivity contribution in [1.82, 2.24) is 4.98 Å². The molecule has 0 aliphatic rings. The molecule has 2 aromatic rings. The molecular weight excluding hydrogens is 296 g/mol. The number of methoxy groups -OCH3 is 2. The second-order valence-electron chi connectivity index (χ2n) is 4.48. The van der Waals surface area contributed by atoms with E-state index in [0.717, 1.165) is 0 Å². The van der Waals surface area contributed by atoms with E-state index in [1.54, 1.807) is 36.5 Å². The number of nitrogens with one attached hydrogen (secondary N) is 1. The third-order valence-electron chi connectivity index (χ3n) is 2.98. The molecule has 118 valence electrons. The van der Waals surface area contributed by atoms with Crippen molar-refractivity contribution in [2.75, 3.05) is 19.5 Å². The molecule has 2 rings (SSSR count). The van der Waals surface area contributed by atoms with Gasteiger partial charge in [0.2, 0.25) is 5.91 Å². The van der Waals surface area contributed by atoms with Gasteiger partial charge in [-0.15, -0.1) is 0 Å². The molecule has 0 bridgehead atoms. The number of ether oxygens (including phenoxy) is 2. The lowest BCUT2D eigenvalue weighted by molar-refractivity contribution is -0.111. The van der Waals surface area contributed by atoms with E-state index >= 15 is 0 Å². The third-order valence-corrected chi connectivity index (χ3v) is 2.98. The van der Waals surface area contributed by atoms with E-state index in [-0.39, 0.29) is 11.5 Å². The molecule has 0 aliphatic heterocycles.